The summed E-state index contributed by atoms with van der Waals surface area (Å²) in [6.07, 6.45) is 8.28. The quantitative estimate of drug-likeness (QED) is 0.631. The highest BCUT2D eigenvalue weighted by molar-refractivity contribution is 5.80. The van der Waals surface area contributed by atoms with Crippen LogP contribution in [0.4, 0.5) is 5.69 Å². The summed E-state index contributed by atoms with van der Waals surface area (Å²) in [5, 5.41) is 16.4. The van der Waals surface area contributed by atoms with Crippen LogP contribution in [0.2, 0.25) is 0 Å². The first kappa shape index (κ1) is 16.5. The number of nitro benzene ring substituents is 1. The number of likely N-dealkylation sites (tertiary alicyclic amines) is 2. The van der Waals surface area contributed by atoms with Crippen LogP contribution >= 0.6 is 0 Å². The fourth-order valence-corrected chi connectivity index (χ4v) is 4.18. The second kappa shape index (κ2) is 7.09. The Morgan fingerprint density at radius 2 is 1.88 bits per heavy atom. The zero-order chi connectivity index (χ0) is 17.2. The average Bonchev–Trinajstić information content (AvgIpc) is 3.05. The molecule has 2 fully saturated rings. The summed E-state index contributed by atoms with van der Waals surface area (Å²) in [5.74, 6) is 0. The summed E-state index contributed by atoms with van der Waals surface area (Å²) in [7, 11) is 0. The number of hydrogen-bond acceptors (Lipinski definition) is 5. The largest absolute Gasteiger partial charge is 0.300 e. The van der Waals surface area contributed by atoms with Gasteiger partial charge in [0.1, 0.15) is 0 Å². The fourth-order valence-electron chi connectivity index (χ4n) is 4.18. The van der Waals surface area contributed by atoms with Crippen molar-refractivity contribution in [1.82, 2.24) is 19.6 Å². The minimum absolute atomic E-state index is 0.123. The molecule has 7 heteroatoms. The predicted molar refractivity (Wildman–Crippen MR) is 96.4 cm³/mol. The highest BCUT2D eigenvalue weighted by atomic mass is 16.6. The molecule has 0 radical (unpaired) electrons. The zero-order valence-electron chi connectivity index (χ0n) is 14.5. The van der Waals surface area contributed by atoms with Crippen molar-refractivity contribution in [2.24, 2.45) is 0 Å². The molecular weight excluding hydrogens is 318 g/mol. The van der Waals surface area contributed by atoms with Crippen molar-refractivity contribution < 1.29 is 4.92 Å². The third-order valence-electron chi connectivity index (χ3n) is 5.64. The second-order valence-electron chi connectivity index (χ2n) is 7.23. The van der Waals surface area contributed by atoms with Gasteiger partial charge in [-0.2, -0.15) is 5.10 Å². The number of fused-ring (bicyclic) bond motifs is 1. The maximum absolute atomic E-state index is 11.0. The number of nitro groups is 1. The first-order chi connectivity index (χ1) is 12.2. The molecule has 25 heavy (non-hydrogen) atoms. The fraction of sp³-hybridized carbons (Fsp3) is 0.611. The van der Waals surface area contributed by atoms with E-state index in [9.17, 15) is 10.1 Å². The first-order valence-electron chi connectivity index (χ1n) is 9.27. The van der Waals surface area contributed by atoms with Crippen LogP contribution in [0.1, 0.15) is 32.1 Å². The van der Waals surface area contributed by atoms with Crippen molar-refractivity contribution in [3.63, 3.8) is 0 Å². The normalized spacial score (nSPS) is 21.0. The Morgan fingerprint density at radius 3 is 2.60 bits per heavy atom. The molecular formula is C18H25N5O2. The van der Waals surface area contributed by atoms with E-state index in [4.69, 9.17) is 0 Å². The van der Waals surface area contributed by atoms with Crippen molar-refractivity contribution in [2.75, 3.05) is 26.2 Å². The van der Waals surface area contributed by atoms with Gasteiger partial charge in [-0.05, 0) is 44.8 Å². The number of nitrogens with zero attached hydrogens (tertiary/aromatic N) is 5. The van der Waals surface area contributed by atoms with E-state index >= 15 is 0 Å². The second-order valence-corrected chi connectivity index (χ2v) is 7.23. The molecule has 0 amide bonds. The van der Waals surface area contributed by atoms with E-state index in [1.807, 2.05) is 4.68 Å². The lowest BCUT2D eigenvalue weighted by Crippen LogP contribution is -2.47. The topological polar surface area (TPSA) is 67.4 Å². The van der Waals surface area contributed by atoms with Crippen molar-refractivity contribution in [1.29, 1.82) is 0 Å². The van der Waals surface area contributed by atoms with Gasteiger partial charge in [0, 0.05) is 36.7 Å². The van der Waals surface area contributed by atoms with Crippen molar-refractivity contribution >= 4 is 16.6 Å². The Hall–Kier alpha value is -1.99. The van der Waals surface area contributed by atoms with Gasteiger partial charge in [0.15, 0.2) is 0 Å². The molecule has 134 valence electrons. The van der Waals surface area contributed by atoms with Gasteiger partial charge in [-0.1, -0.05) is 6.42 Å². The molecule has 0 atom stereocenters. The summed E-state index contributed by atoms with van der Waals surface area (Å²) in [6, 6.07) is 5.67. The lowest BCUT2D eigenvalue weighted by Gasteiger charge is -2.40. The van der Waals surface area contributed by atoms with Crippen molar-refractivity contribution in [2.45, 2.75) is 44.8 Å². The molecule has 1 aromatic heterocycles. The molecule has 2 aliphatic heterocycles. The van der Waals surface area contributed by atoms with Crippen LogP contribution in [0.5, 0.6) is 0 Å². The van der Waals surface area contributed by atoms with Gasteiger partial charge in [-0.3, -0.25) is 19.7 Å². The van der Waals surface area contributed by atoms with Gasteiger partial charge < -0.3 is 4.90 Å². The molecule has 0 aliphatic carbocycles. The molecule has 0 bridgehead atoms. The molecule has 2 aromatic rings. The third kappa shape index (κ3) is 3.52. The van der Waals surface area contributed by atoms with Crippen molar-refractivity contribution in [3.05, 3.63) is 34.5 Å². The standard InChI is InChI=1S/C18H25N5O2/c24-23(25)17-5-4-15-13-19-22(18(15)12-17)14-20-10-6-16(7-11-20)21-8-2-1-3-9-21/h4-5,12-13,16H,1-3,6-11,14H2. The van der Waals surface area contributed by atoms with Crippen LogP contribution in [-0.2, 0) is 6.67 Å². The molecule has 0 unspecified atom stereocenters. The Bertz CT molecular complexity index is 745. The molecule has 3 heterocycles. The van der Waals surface area contributed by atoms with Crippen molar-refractivity contribution in [3.8, 4) is 0 Å². The third-order valence-corrected chi connectivity index (χ3v) is 5.64. The number of hydrogen-bond donors (Lipinski definition) is 0. The average molecular weight is 343 g/mol. The van der Waals surface area contributed by atoms with Gasteiger partial charge in [-0.15, -0.1) is 0 Å². The minimum Gasteiger partial charge on any atom is -0.300 e. The maximum Gasteiger partial charge on any atom is 0.271 e. The van der Waals surface area contributed by atoms with E-state index in [1.165, 1.54) is 45.2 Å². The van der Waals surface area contributed by atoms with Gasteiger partial charge in [0.2, 0.25) is 0 Å². The summed E-state index contributed by atoms with van der Waals surface area (Å²) in [5.41, 5.74) is 0.963. The van der Waals surface area contributed by atoms with Crippen LogP contribution in [-0.4, -0.2) is 56.7 Å². The van der Waals surface area contributed by atoms with Gasteiger partial charge in [0.25, 0.3) is 5.69 Å². The summed E-state index contributed by atoms with van der Waals surface area (Å²) in [6.45, 7) is 5.36. The van der Waals surface area contributed by atoms with Crippen LogP contribution in [0.25, 0.3) is 10.9 Å². The van der Waals surface area contributed by atoms with E-state index in [0.717, 1.165) is 30.0 Å². The highest BCUT2D eigenvalue weighted by Gasteiger charge is 2.25. The Morgan fingerprint density at radius 1 is 1.12 bits per heavy atom. The van der Waals surface area contributed by atoms with Gasteiger partial charge in [-0.25, -0.2) is 0 Å². The smallest absolute Gasteiger partial charge is 0.271 e. The lowest BCUT2D eigenvalue weighted by molar-refractivity contribution is -0.384. The Labute approximate surface area is 147 Å². The molecule has 0 spiro atoms. The number of benzene rings is 1. The van der Waals surface area contributed by atoms with Crippen LogP contribution in [0.15, 0.2) is 24.4 Å². The van der Waals surface area contributed by atoms with E-state index in [-0.39, 0.29) is 10.6 Å². The monoisotopic (exact) mass is 343 g/mol. The lowest BCUT2D eigenvalue weighted by atomic mass is 10.0. The maximum atomic E-state index is 11.0. The number of aromatic nitrogens is 2. The SMILES string of the molecule is O=[N+]([O-])c1ccc2cnn(CN3CCC(N4CCCCC4)CC3)c2c1. The first-order valence-corrected chi connectivity index (χ1v) is 9.27. The predicted octanol–water partition coefficient (Wildman–Crippen LogP) is 2.85. The van der Waals surface area contributed by atoms with Gasteiger partial charge in [0.05, 0.1) is 23.3 Å². The Kier molecular flexibility index (Phi) is 4.67. The van der Waals surface area contributed by atoms with Gasteiger partial charge >= 0.3 is 0 Å². The Balaban J connectivity index is 1.40. The number of piperidine rings is 2. The molecule has 7 nitrogen and oxygen atoms in total. The zero-order valence-corrected chi connectivity index (χ0v) is 14.5. The van der Waals surface area contributed by atoms with Crippen LogP contribution in [0, 0.1) is 10.1 Å². The minimum atomic E-state index is -0.346. The number of non-ortho nitro benzene ring substituents is 1. The van der Waals surface area contributed by atoms with E-state index in [1.54, 1.807) is 24.4 Å². The summed E-state index contributed by atoms with van der Waals surface area (Å²) < 4.78 is 1.89. The van der Waals surface area contributed by atoms with Crippen LogP contribution in [0.3, 0.4) is 0 Å². The van der Waals surface area contributed by atoms with Crippen LogP contribution < -0.4 is 0 Å². The molecule has 4 rings (SSSR count). The molecule has 2 saturated heterocycles. The van der Waals surface area contributed by atoms with E-state index in [0.29, 0.717) is 6.67 Å². The van der Waals surface area contributed by atoms with E-state index in [2.05, 4.69) is 14.9 Å². The molecule has 0 saturated carbocycles. The molecule has 0 N–H and O–H groups in total. The summed E-state index contributed by atoms with van der Waals surface area (Å²) >= 11 is 0. The highest BCUT2D eigenvalue weighted by Crippen LogP contribution is 2.23. The number of rotatable bonds is 4. The summed E-state index contributed by atoms with van der Waals surface area (Å²) in [4.78, 5) is 15.8. The van der Waals surface area contributed by atoms with E-state index < -0.39 is 0 Å². The molecule has 2 aliphatic rings. The molecule has 1 aromatic carbocycles.